The second kappa shape index (κ2) is 8.82. The number of piperidine rings is 1. The maximum atomic E-state index is 12.6. The third-order valence-corrected chi connectivity index (χ3v) is 5.04. The molecule has 7 nitrogen and oxygen atoms in total. The Kier molecular flexibility index (Phi) is 7.04. The highest BCUT2D eigenvalue weighted by atomic mass is 79.9. The lowest BCUT2D eigenvalue weighted by Gasteiger charge is -2.41. The van der Waals surface area contributed by atoms with Gasteiger partial charge in [-0.1, -0.05) is 0 Å². The van der Waals surface area contributed by atoms with Crippen molar-refractivity contribution in [3.8, 4) is 0 Å². The minimum absolute atomic E-state index is 0. The van der Waals surface area contributed by atoms with E-state index in [1.54, 1.807) is 17.2 Å². The molecule has 1 unspecified atom stereocenters. The molecule has 9 heteroatoms. The van der Waals surface area contributed by atoms with Crippen molar-refractivity contribution in [3.05, 3.63) is 33.2 Å². The summed E-state index contributed by atoms with van der Waals surface area (Å²) < 4.78 is 2.17. The molecule has 1 atom stereocenters. The van der Waals surface area contributed by atoms with Gasteiger partial charge >= 0.3 is 0 Å². The largest absolute Gasteiger partial charge is 0.339 e. The number of piperazine rings is 1. The molecule has 2 saturated heterocycles. The van der Waals surface area contributed by atoms with Gasteiger partial charge in [-0.2, -0.15) is 0 Å². The molecule has 0 spiro atoms. The SMILES string of the molecule is Cl.O=C(Cn1cc(Br)ccc1=O)N1CCCC(N2CCNCC2=O)C1. The maximum Gasteiger partial charge on any atom is 0.251 e. The Labute approximate surface area is 160 Å². The third-order valence-electron chi connectivity index (χ3n) is 4.57. The lowest BCUT2D eigenvalue weighted by Crippen LogP contribution is -2.57. The minimum Gasteiger partial charge on any atom is -0.339 e. The predicted molar refractivity (Wildman–Crippen MR) is 99.8 cm³/mol. The molecule has 2 fully saturated rings. The van der Waals surface area contributed by atoms with Crippen LogP contribution in [0.15, 0.2) is 27.6 Å². The number of nitrogens with one attached hydrogen (secondary N) is 1. The molecule has 2 amide bonds. The first-order chi connectivity index (χ1) is 11.5. The van der Waals surface area contributed by atoms with Crippen molar-refractivity contribution in [1.82, 2.24) is 19.7 Å². The van der Waals surface area contributed by atoms with Crippen molar-refractivity contribution in [1.29, 1.82) is 0 Å². The van der Waals surface area contributed by atoms with E-state index in [0.29, 0.717) is 26.2 Å². The Morgan fingerprint density at radius 1 is 1.28 bits per heavy atom. The number of carbonyl (C=O) groups excluding carboxylic acids is 2. The van der Waals surface area contributed by atoms with Crippen molar-refractivity contribution < 1.29 is 9.59 Å². The summed E-state index contributed by atoms with van der Waals surface area (Å²) in [5, 5.41) is 3.07. The molecule has 0 bridgehead atoms. The van der Waals surface area contributed by atoms with Crippen LogP contribution in [0.1, 0.15) is 12.8 Å². The number of carbonyl (C=O) groups is 2. The van der Waals surface area contributed by atoms with Gasteiger partial charge in [-0.25, -0.2) is 0 Å². The van der Waals surface area contributed by atoms with Crippen molar-refractivity contribution in [2.75, 3.05) is 32.7 Å². The summed E-state index contributed by atoms with van der Waals surface area (Å²) in [5.41, 5.74) is -0.197. The van der Waals surface area contributed by atoms with Crippen LogP contribution in [0.25, 0.3) is 0 Å². The van der Waals surface area contributed by atoms with Gasteiger partial charge in [0, 0.05) is 49.0 Å². The van der Waals surface area contributed by atoms with Gasteiger partial charge < -0.3 is 19.7 Å². The van der Waals surface area contributed by atoms with Gasteiger partial charge in [0.1, 0.15) is 6.54 Å². The van der Waals surface area contributed by atoms with E-state index in [2.05, 4.69) is 21.2 Å². The smallest absolute Gasteiger partial charge is 0.251 e. The normalized spacial score (nSPS) is 21.0. The fourth-order valence-electron chi connectivity index (χ4n) is 3.31. The molecule has 2 aliphatic rings. The van der Waals surface area contributed by atoms with Gasteiger partial charge in [-0.3, -0.25) is 14.4 Å². The van der Waals surface area contributed by atoms with Crippen LogP contribution >= 0.6 is 28.3 Å². The van der Waals surface area contributed by atoms with Gasteiger partial charge in [0.05, 0.1) is 6.54 Å². The molecule has 25 heavy (non-hydrogen) atoms. The van der Waals surface area contributed by atoms with Crippen molar-refractivity contribution in [3.63, 3.8) is 0 Å². The Hall–Kier alpha value is -1.38. The highest BCUT2D eigenvalue weighted by molar-refractivity contribution is 9.10. The molecular formula is C16H22BrClN4O3. The number of amides is 2. The van der Waals surface area contributed by atoms with Gasteiger partial charge in [-0.05, 0) is 34.8 Å². The quantitative estimate of drug-likeness (QED) is 0.751. The van der Waals surface area contributed by atoms with Crippen LogP contribution in [0.3, 0.4) is 0 Å². The Balaban J connectivity index is 0.00000225. The summed E-state index contributed by atoms with van der Waals surface area (Å²) in [5.74, 6) is 0.0197. The summed E-state index contributed by atoms with van der Waals surface area (Å²) >= 11 is 3.32. The van der Waals surface area contributed by atoms with E-state index >= 15 is 0 Å². The molecule has 138 valence electrons. The van der Waals surface area contributed by atoms with E-state index in [1.165, 1.54) is 10.6 Å². The van der Waals surface area contributed by atoms with Crippen LogP contribution in [0, 0.1) is 0 Å². The molecular weight excluding hydrogens is 412 g/mol. The topological polar surface area (TPSA) is 74.7 Å². The van der Waals surface area contributed by atoms with Gasteiger partial charge in [-0.15, -0.1) is 12.4 Å². The lowest BCUT2D eigenvalue weighted by atomic mass is 10.0. The molecule has 2 aliphatic heterocycles. The van der Waals surface area contributed by atoms with E-state index < -0.39 is 0 Å². The Morgan fingerprint density at radius 3 is 2.84 bits per heavy atom. The second-order valence-electron chi connectivity index (χ2n) is 6.21. The van der Waals surface area contributed by atoms with Crippen LogP contribution in [0.4, 0.5) is 0 Å². The molecule has 3 heterocycles. The zero-order valence-corrected chi connectivity index (χ0v) is 16.2. The summed E-state index contributed by atoms with van der Waals surface area (Å²) in [7, 11) is 0. The van der Waals surface area contributed by atoms with E-state index in [1.807, 2.05) is 4.90 Å². The maximum absolute atomic E-state index is 12.6. The number of nitrogens with zero attached hydrogens (tertiary/aromatic N) is 3. The molecule has 0 radical (unpaired) electrons. The van der Waals surface area contributed by atoms with Crippen molar-refractivity contribution in [2.45, 2.75) is 25.4 Å². The van der Waals surface area contributed by atoms with E-state index in [-0.39, 0.29) is 42.4 Å². The average Bonchev–Trinajstić information content (AvgIpc) is 2.58. The molecule has 1 N–H and O–H groups in total. The first-order valence-electron chi connectivity index (χ1n) is 8.18. The van der Waals surface area contributed by atoms with Gasteiger partial charge in [0.2, 0.25) is 11.8 Å². The minimum atomic E-state index is -0.197. The lowest BCUT2D eigenvalue weighted by molar-refractivity contribution is -0.140. The predicted octanol–water partition coefficient (Wildman–Crippen LogP) is 0.455. The first-order valence-corrected chi connectivity index (χ1v) is 8.98. The van der Waals surface area contributed by atoms with Crippen LogP contribution in [0.2, 0.25) is 0 Å². The fourth-order valence-corrected chi connectivity index (χ4v) is 3.69. The summed E-state index contributed by atoms with van der Waals surface area (Å²) in [4.78, 5) is 40.1. The number of hydrogen-bond donors (Lipinski definition) is 1. The molecule has 1 aromatic rings. The number of hydrogen-bond acceptors (Lipinski definition) is 4. The molecule has 1 aromatic heterocycles. The van der Waals surface area contributed by atoms with E-state index in [4.69, 9.17) is 0 Å². The van der Waals surface area contributed by atoms with Crippen LogP contribution < -0.4 is 10.9 Å². The highest BCUT2D eigenvalue weighted by Crippen LogP contribution is 2.17. The van der Waals surface area contributed by atoms with Crippen molar-refractivity contribution in [2.24, 2.45) is 0 Å². The standard InChI is InChI=1S/C16H21BrN4O3.ClH/c17-12-3-4-14(22)20(9-12)11-16(24)19-6-1-2-13(10-19)21-7-5-18-8-15(21)23;/h3-4,9,13,18H,1-2,5-8,10-11H2;1H. The number of aromatic nitrogens is 1. The van der Waals surface area contributed by atoms with Crippen LogP contribution in [-0.4, -0.2) is 64.9 Å². The molecule has 0 saturated carbocycles. The zero-order chi connectivity index (χ0) is 17.1. The summed E-state index contributed by atoms with van der Waals surface area (Å²) in [6.45, 7) is 3.12. The van der Waals surface area contributed by atoms with E-state index in [0.717, 1.165) is 23.9 Å². The Morgan fingerprint density at radius 2 is 2.08 bits per heavy atom. The third kappa shape index (κ3) is 4.83. The fraction of sp³-hybridized carbons (Fsp3) is 0.562. The second-order valence-corrected chi connectivity index (χ2v) is 7.13. The number of pyridine rings is 1. The molecule has 0 aliphatic carbocycles. The molecule has 3 rings (SSSR count). The Bertz CT molecular complexity index is 696. The highest BCUT2D eigenvalue weighted by Gasteiger charge is 2.31. The zero-order valence-electron chi connectivity index (χ0n) is 13.8. The average molecular weight is 434 g/mol. The van der Waals surface area contributed by atoms with E-state index in [9.17, 15) is 14.4 Å². The van der Waals surface area contributed by atoms with Crippen LogP contribution in [-0.2, 0) is 16.1 Å². The van der Waals surface area contributed by atoms with Crippen molar-refractivity contribution >= 4 is 40.2 Å². The monoisotopic (exact) mass is 432 g/mol. The van der Waals surface area contributed by atoms with Gasteiger partial charge in [0.25, 0.3) is 5.56 Å². The molecule has 0 aromatic carbocycles. The van der Waals surface area contributed by atoms with Gasteiger partial charge in [0.15, 0.2) is 0 Å². The summed E-state index contributed by atoms with van der Waals surface area (Å²) in [6.07, 6.45) is 3.43. The number of likely N-dealkylation sites (tertiary alicyclic amines) is 1. The summed E-state index contributed by atoms with van der Waals surface area (Å²) in [6, 6.07) is 3.18. The van der Waals surface area contributed by atoms with Crippen LogP contribution in [0.5, 0.6) is 0 Å². The number of halogens is 2. The first kappa shape index (κ1) is 19.9. The number of rotatable bonds is 3.